The van der Waals surface area contributed by atoms with E-state index in [0.717, 1.165) is 16.7 Å². The molecule has 0 bridgehead atoms. The first-order chi connectivity index (χ1) is 11.6. The van der Waals surface area contributed by atoms with Crippen molar-refractivity contribution in [2.45, 2.75) is 19.9 Å². The van der Waals surface area contributed by atoms with Crippen LogP contribution in [0, 0.1) is 6.92 Å². The summed E-state index contributed by atoms with van der Waals surface area (Å²) in [7, 11) is 0. The Labute approximate surface area is 145 Å². The van der Waals surface area contributed by atoms with Gasteiger partial charge in [0.1, 0.15) is 5.69 Å². The average Bonchev–Trinajstić information content (AvgIpc) is 3.03. The van der Waals surface area contributed by atoms with Crippen LogP contribution in [0.5, 0.6) is 0 Å². The summed E-state index contributed by atoms with van der Waals surface area (Å²) in [6.07, 6.45) is 0.351. The number of rotatable bonds is 5. The van der Waals surface area contributed by atoms with Crippen molar-refractivity contribution < 1.29 is 9.32 Å². The Bertz CT molecular complexity index is 841. The van der Waals surface area contributed by atoms with Gasteiger partial charge in [-0.05, 0) is 36.8 Å². The molecule has 0 saturated heterocycles. The van der Waals surface area contributed by atoms with Gasteiger partial charge in [0.2, 0.25) is 5.91 Å². The largest absolute Gasteiger partial charge is 0.356 e. The van der Waals surface area contributed by atoms with E-state index in [4.69, 9.17) is 16.1 Å². The zero-order valence-corrected chi connectivity index (χ0v) is 14.0. The van der Waals surface area contributed by atoms with Crippen molar-refractivity contribution in [3.63, 3.8) is 0 Å². The van der Waals surface area contributed by atoms with E-state index in [1.807, 2.05) is 49.4 Å². The molecule has 4 nitrogen and oxygen atoms in total. The first-order valence-electron chi connectivity index (χ1n) is 7.64. The lowest BCUT2D eigenvalue weighted by atomic mass is 10.1. The molecule has 0 fully saturated rings. The third-order valence-electron chi connectivity index (χ3n) is 3.60. The Balaban J connectivity index is 1.57. The normalized spacial score (nSPS) is 10.6. The highest BCUT2D eigenvalue weighted by Crippen LogP contribution is 2.22. The number of aryl methyl sites for hydroxylation is 1. The van der Waals surface area contributed by atoms with E-state index in [1.54, 1.807) is 12.1 Å². The van der Waals surface area contributed by atoms with Gasteiger partial charge in [-0.25, -0.2) is 0 Å². The molecule has 122 valence electrons. The lowest BCUT2D eigenvalue weighted by Crippen LogP contribution is -2.24. The second-order valence-electron chi connectivity index (χ2n) is 5.63. The van der Waals surface area contributed by atoms with Gasteiger partial charge in [0.25, 0.3) is 0 Å². The number of nitrogens with zero attached hydrogens (tertiary/aromatic N) is 1. The molecule has 3 aromatic rings. The summed E-state index contributed by atoms with van der Waals surface area (Å²) >= 11 is 5.87. The molecule has 1 N–H and O–H groups in total. The topological polar surface area (TPSA) is 55.1 Å². The second-order valence-corrected chi connectivity index (χ2v) is 6.07. The molecular formula is C19H17ClN2O2. The van der Waals surface area contributed by atoms with Crippen molar-refractivity contribution in [1.29, 1.82) is 0 Å². The van der Waals surface area contributed by atoms with Crippen molar-refractivity contribution in [3.05, 3.63) is 76.4 Å². The van der Waals surface area contributed by atoms with E-state index < -0.39 is 0 Å². The predicted molar refractivity (Wildman–Crippen MR) is 93.7 cm³/mol. The molecule has 0 radical (unpaired) electrons. The van der Waals surface area contributed by atoms with Crippen LogP contribution in [0.2, 0.25) is 5.02 Å². The van der Waals surface area contributed by atoms with E-state index in [9.17, 15) is 4.79 Å². The number of amides is 1. The molecule has 24 heavy (non-hydrogen) atoms. The first kappa shape index (κ1) is 16.3. The average molecular weight is 341 g/mol. The van der Waals surface area contributed by atoms with Crippen molar-refractivity contribution >= 4 is 17.5 Å². The summed E-state index contributed by atoms with van der Waals surface area (Å²) in [5, 5.41) is 7.51. The first-order valence-corrected chi connectivity index (χ1v) is 8.02. The monoisotopic (exact) mass is 340 g/mol. The summed E-state index contributed by atoms with van der Waals surface area (Å²) in [6, 6.07) is 17.0. The third kappa shape index (κ3) is 4.24. The highest BCUT2D eigenvalue weighted by molar-refractivity contribution is 6.30. The number of hydrogen-bond acceptors (Lipinski definition) is 3. The zero-order chi connectivity index (χ0) is 16.9. The molecule has 2 aromatic carbocycles. The Morgan fingerprint density at radius 1 is 1.17 bits per heavy atom. The molecule has 0 unspecified atom stereocenters. The summed E-state index contributed by atoms with van der Waals surface area (Å²) in [6.45, 7) is 2.34. The molecule has 0 aliphatic rings. The smallest absolute Gasteiger partial charge is 0.224 e. The Morgan fingerprint density at radius 3 is 2.71 bits per heavy atom. The van der Waals surface area contributed by atoms with Crippen LogP contribution in [0.3, 0.4) is 0 Å². The molecule has 0 aliphatic heterocycles. The summed E-state index contributed by atoms with van der Waals surface area (Å²) < 4.78 is 5.31. The predicted octanol–water partition coefficient (Wildman–Crippen LogP) is 4.16. The maximum atomic E-state index is 12.0. The van der Waals surface area contributed by atoms with Gasteiger partial charge in [-0.3, -0.25) is 4.79 Å². The fourth-order valence-corrected chi connectivity index (χ4v) is 2.53. The molecule has 1 amide bonds. The van der Waals surface area contributed by atoms with Crippen LogP contribution in [-0.2, 0) is 17.8 Å². The van der Waals surface area contributed by atoms with Gasteiger partial charge < -0.3 is 9.84 Å². The van der Waals surface area contributed by atoms with Crippen molar-refractivity contribution in [2.75, 3.05) is 0 Å². The van der Waals surface area contributed by atoms with Crippen LogP contribution in [0.15, 0.2) is 59.1 Å². The minimum atomic E-state index is -0.0448. The van der Waals surface area contributed by atoms with Crippen molar-refractivity contribution in [3.8, 4) is 11.3 Å². The van der Waals surface area contributed by atoms with Crippen molar-refractivity contribution in [1.82, 2.24) is 10.5 Å². The van der Waals surface area contributed by atoms with Gasteiger partial charge in [0.05, 0.1) is 13.0 Å². The number of carbonyl (C=O) groups excluding carboxylic acids is 1. The Hall–Kier alpha value is -2.59. The van der Waals surface area contributed by atoms with E-state index in [-0.39, 0.29) is 5.91 Å². The lowest BCUT2D eigenvalue weighted by molar-refractivity contribution is -0.120. The summed E-state index contributed by atoms with van der Waals surface area (Å²) in [5.41, 5.74) is 3.71. The summed E-state index contributed by atoms with van der Waals surface area (Å²) in [5.74, 6) is 0.603. The number of carbonyl (C=O) groups is 1. The Kier molecular flexibility index (Phi) is 4.96. The highest BCUT2D eigenvalue weighted by atomic mass is 35.5. The molecule has 0 atom stereocenters. The molecule has 0 saturated carbocycles. The molecule has 5 heteroatoms. The van der Waals surface area contributed by atoms with Gasteiger partial charge in [0, 0.05) is 16.7 Å². The zero-order valence-electron chi connectivity index (χ0n) is 13.3. The van der Waals surface area contributed by atoms with Crippen LogP contribution in [0.1, 0.15) is 16.8 Å². The molecule has 1 heterocycles. The van der Waals surface area contributed by atoms with Gasteiger partial charge in [-0.1, -0.05) is 46.6 Å². The van der Waals surface area contributed by atoms with Gasteiger partial charge >= 0.3 is 0 Å². The van der Waals surface area contributed by atoms with Crippen LogP contribution in [0.25, 0.3) is 11.3 Å². The minimum absolute atomic E-state index is 0.0448. The van der Waals surface area contributed by atoms with Gasteiger partial charge in [0.15, 0.2) is 5.76 Å². The maximum Gasteiger partial charge on any atom is 0.224 e. The second kappa shape index (κ2) is 7.32. The molecule has 1 aromatic heterocycles. The fraction of sp³-hybridized carbons (Fsp3) is 0.158. The van der Waals surface area contributed by atoms with Gasteiger partial charge in [-0.2, -0.15) is 0 Å². The number of hydrogen-bond donors (Lipinski definition) is 1. The molecule has 3 rings (SSSR count). The third-order valence-corrected chi connectivity index (χ3v) is 3.85. The van der Waals surface area contributed by atoms with Crippen LogP contribution in [-0.4, -0.2) is 11.1 Å². The van der Waals surface area contributed by atoms with Crippen LogP contribution < -0.4 is 5.32 Å². The molecule has 0 spiro atoms. The van der Waals surface area contributed by atoms with Crippen LogP contribution in [0.4, 0.5) is 0 Å². The maximum absolute atomic E-state index is 12.0. The molecular weight excluding hydrogens is 324 g/mol. The van der Waals surface area contributed by atoms with Crippen LogP contribution >= 0.6 is 11.6 Å². The van der Waals surface area contributed by atoms with Crippen molar-refractivity contribution in [2.24, 2.45) is 0 Å². The Morgan fingerprint density at radius 2 is 1.96 bits per heavy atom. The minimum Gasteiger partial charge on any atom is -0.356 e. The standard InChI is InChI=1S/C19H17ClN2O2/c1-13-3-2-4-14(9-13)10-19(23)21-12-17-11-18(24-22-17)15-5-7-16(20)8-6-15/h2-9,11H,10,12H2,1H3,(H,21,23). The van der Waals surface area contributed by atoms with E-state index >= 15 is 0 Å². The number of aromatic nitrogens is 1. The van der Waals surface area contributed by atoms with Gasteiger partial charge in [-0.15, -0.1) is 0 Å². The summed E-state index contributed by atoms with van der Waals surface area (Å²) in [4.78, 5) is 12.0. The van der Waals surface area contributed by atoms with E-state index in [0.29, 0.717) is 29.4 Å². The highest BCUT2D eigenvalue weighted by Gasteiger charge is 2.09. The molecule has 0 aliphatic carbocycles. The number of nitrogens with one attached hydrogen (secondary N) is 1. The van der Waals surface area contributed by atoms with E-state index in [1.165, 1.54) is 0 Å². The fourth-order valence-electron chi connectivity index (χ4n) is 2.40. The van der Waals surface area contributed by atoms with E-state index in [2.05, 4.69) is 10.5 Å². The number of halogens is 1. The number of benzene rings is 2. The SMILES string of the molecule is Cc1cccc(CC(=O)NCc2cc(-c3ccc(Cl)cc3)on2)c1. The quantitative estimate of drug-likeness (QED) is 0.758. The lowest BCUT2D eigenvalue weighted by Gasteiger charge is -2.04.